The number of methoxy groups -OCH3 is 1. The first-order valence-corrected chi connectivity index (χ1v) is 8.05. The topological polar surface area (TPSA) is 47.3 Å². The van der Waals surface area contributed by atoms with Gasteiger partial charge in [-0.2, -0.15) is 5.10 Å². The van der Waals surface area contributed by atoms with E-state index < -0.39 is 11.7 Å². The van der Waals surface area contributed by atoms with E-state index in [1.165, 1.54) is 0 Å². The summed E-state index contributed by atoms with van der Waals surface area (Å²) in [7, 11) is 1.73. The van der Waals surface area contributed by atoms with Gasteiger partial charge in [0.15, 0.2) is 0 Å². The van der Waals surface area contributed by atoms with Gasteiger partial charge in [0.2, 0.25) is 0 Å². The Balaban J connectivity index is 2.04. The van der Waals surface area contributed by atoms with Crippen molar-refractivity contribution in [3.8, 4) is 0 Å². The van der Waals surface area contributed by atoms with Gasteiger partial charge in [0.25, 0.3) is 0 Å². The Morgan fingerprint density at radius 3 is 2.38 bits per heavy atom. The lowest BCUT2D eigenvalue weighted by atomic mass is 9.68. The molecular weight excluding hydrogens is 264 g/mol. The highest BCUT2D eigenvalue weighted by Crippen LogP contribution is 2.43. The van der Waals surface area contributed by atoms with Crippen molar-refractivity contribution in [2.24, 2.45) is 5.41 Å². The van der Waals surface area contributed by atoms with Crippen LogP contribution < -0.4 is 0 Å². The molecule has 1 aliphatic carbocycles. The first kappa shape index (κ1) is 16.5. The number of hydrogen-bond donors (Lipinski definition) is 1. The number of hydrogen-bond acceptors (Lipinski definition) is 3. The molecular formula is C17H30N2O2. The molecule has 4 nitrogen and oxygen atoms in total. The second-order valence-corrected chi connectivity index (χ2v) is 7.53. The second kappa shape index (κ2) is 6.09. The SMILES string of the molecule is COC1(C(O)Cc2ccn(C(C)C)n2)CCC(C)(C)CC1. The fraction of sp³-hybridized carbons (Fsp3) is 0.824. The number of nitrogens with zero attached hydrogens (tertiary/aromatic N) is 2. The number of aliphatic hydroxyl groups is 1. The van der Waals surface area contributed by atoms with E-state index in [2.05, 4.69) is 32.8 Å². The highest BCUT2D eigenvalue weighted by molar-refractivity contribution is 5.06. The van der Waals surface area contributed by atoms with Gasteiger partial charge in [0, 0.05) is 25.8 Å². The summed E-state index contributed by atoms with van der Waals surface area (Å²) < 4.78 is 7.71. The van der Waals surface area contributed by atoms with E-state index in [-0.39, 0.29) is 0 Å². The first-order valence-electron chi connectivity index (χ1n) is 8.05. The summed E-state index contributed by atoms with van der Waals surface area (Å²) in [5.41, 5.74) is 0.899. The van der Waals surface area contributed by atoms with E-state index in [1.54, 1.807) is 7.11 Å². The fourth-order valence-corrected chi connectivity index (χ4v) is 3.18. The van der Waals surface area contributed by atoms with Crippen LogP contribution in [0.1, 0.15) is 65.1 Å². The lowest BCUT2D eigenvalue weighted by Gasteiger charge is -2.45. The zero-order chi connectivity index (χ0) is 15.7. The van der Waals surface area contributed by atoms with Gasteiger partial charge in [-0.1, -0.05) is 13.8 Å². The largest absolute Gasteiger partial charge is 0.390 e. The molecule has 1 atom stereocenters. The molecule has 2 rings (SSSR count). The number of aliphatic hydroxyl groups excluding tert-OH is 1. The van der Waals surface area contributed by atoms with Gasteiger partial charge in [-0.15, -0.1) is 0 Å². The van der Waals surface area contributed by atoms with Crippen LogP contribution in [0.3, 0.4) is 0 Å². The van der Waals surface area contributed by atoms with Gasteiger partial charge >= 0.3 is 0 Å². The second-order valence-electron chi connectivity index (χ2n) is 7.53. The van der Waals surface area contributed by atoms with Crippen LogP contribution in [-0.2, 0) is 11.2 Å². The zero-order valence-corrected chi connectivity index (χ0v) is 14.1. The Hall–Kier alpha value is -0.870. The summed E-state index contributed by atoms with van der Waals surface area (Å²) in [6.45, 7) is 8.80. The molecule has 1 aromatic rings. The molecule has 21 heavy (non-hydrogen) atoms. The maximum Gasteiger partial charge on any atom is 0.0940 e. The van der Waals surface area contributed by atoms with Crippen molar-refractivity contribution < 1.29 is 9.84 Å². The Kier molecular flexibility index (Phi) is 4.79. The lowest BCUT2D eigenvalue weighted by molar-refractivity contribution is -0.135. The quantitative estimate of drug-likeness (QED) is 0.906. The number of rotatable bonds is 5. The van der Waals surface area contributed by atoms with Crippen LogP contribution in [0.25, 0.3) is 0 Å². The van der Waals surface area contributed by atoms with Gasteiger partial charge in [-0.25, -0.2) is 0 Å². The standard InChI is InChI=1S/C17H30N2O2/c1-13(2)19-11-6-14(18-19)12-15(20)17(21-5)9-7-16(3,4)8-10-17/h6,11,13,15,20H,7-10,12H2,1-5H3. The summed E-state index contributed by atoms with van der Waals surface area (Å²) in [6, 6.07) is 2.35. The van der Waals surface area contributed by atoms with Crippen LogP contribution in [0.5, 0.6) is 0 Å². The van der Waals surface area contributed by atoms with Crippen LogP contribution >= 0.6 is 0 Å². The van der Waals surface area contributed by atoms with E-state index in [1.807, 2.05) is 16.9 Å². The summed E-state index contributed by atoms with van der Waals surface area (Å²) >= 11 is 0. The predicted molar refractivity (Wildman–Crippen MR) is 84.3 cm³/mol. The molecule has 1 heterocycles. The van der Waals surface area contributed by atoms with Gasteiger partial charge < -0.3 is 9.84 Å². The van der Waals surface area contributed by atoms with Gasteiger partial charge in [-0.05, 0) is 51.0 Å². The fourth-order valence-electron chi connectivity index (χ4n) is 3.18. The van der Waals surface area contributed by atoms with E-state index in [0.717, 1.165) is 31.4 Å². The minimum absolute atomic E-state index is 0.350. The number of ether oxygens (including phenoxy) is 1. The molecule has 1 fully saturated rings. The van der Waals surface area contributed by atoms with Crippen LogP contribution in [0.4, 0.5) is 0 Å². The van der Waals surface area contributed by atoms with E-state index in [4.69, 9.17) is 4.74 Å². The molecule has 1 aliphatic rings. The van der Waals surface area contributed by atoms with Gasteiger partial charge in [0.05, 0.1) is 17.4 Å². The number of aromatic nitrogens is 2. The van der Waals surface area contributed by atoms with Crippen molar-refractivity contribution in [3.63, 3.8) is 0 Å². The molecule has 120 valence electrons. The molecule has 0 amide bonds. The predicted octanol–water partition coefficient (Wildman–Crippen LogP) is 3.35. The smallest absolute Gasteiger partial charge is 0.0940 e. The third-order valence-electron chi connectivity index (χ3n) is 5.06. The van der Waals surface area contributed by atoms with Crippen LogP contribution in [0.2, 0.25) is 0 Å². The van der Waals surface area contributed by atoms with Crippen molar-refractivity contribution in [1.82, 2.24) is 9.78 Å². The molecule has 0 spiro atoms. The third-order valence-corrected chi connectivity index (χ3v) is 5.06. The highest BCUT2D eigenvalue weighted by atomic mass is 16.5. The van der Waals surface area contributed by atoms with E-state index in [9.17, 15) is 5.11 Å². The summed E-state index contributed by atoms with van der Waals surface area (Å²) in [4.78, 5) is 0. The molecule has 0 saturated heterocycles. The van der Waals surface area contributed by atoms with Gasteiger partial charge in [-0.3, -0.25) is 4.68 Å². The molecule has 1 N–H and O–H groups in total. The molecule has 1 aromatic heterocycles. The van der Waals surface area contributed by atoms with Crippen molar-refractivity contribution >= 4 is 0 Å². The average molecular weight is 294 g/mol. The molecule has 4 heteroatoms. The Bertz CT molecular complexity index is 455. The molecule has 0 aliphatic heterocycles. The zero-order valence-electron chi connectivity index (χ0n) is 14.1. The Morgan fingerprint density at radius 2 is 1.90 bits per heavy atom. The lowest BCUT2D eigenvalue weighted by Crippen LogP contribution is -2.49. The minimum atomic E-state index is -0.492. The van der Waals surface area contributed by atoms with Crippen LogP contribution in [0.15, 0.2) is 12.3 Å². The van der Waals surface area contributed by atoms with Crippen molar-refractivity contribution in [2.45, 2.75) is 77.5 Å². The Labute approximate surface area is 128 Å². The monoisotopic (exact) mass is 294 g/mol. The molecule has 0 aromatic carbocycles. The van der Waals surface area contributed by atoms with E-state index in [0.29, 0.717) is 17.9 Å². The minimum Gasteiger partial charge on any atom is -0.390 e. The maximum atomic E-state index is 10.7. The highest BCUT2D eigenvalue weighted by Gasteiger charge is 2.43. The summed E-state index contributed by atoms with van der Waals surface area (Å²) in [5, 5.41) is 15.3. The maximum absolute atomic E-state index is 10.7. The summed E-state index contributed by atoms with van der Waals surface area (Å²) in [6.07, 6.45) is 6.08. The average Bonchev–Trinajstić information content (AvgIpc) is 2.88. The first-order chi connectivity index (χ1) is 9.78. The van der Waals surface area contributed by atoms with Crippen LogP contribution in [-0.4, -0.2) is 33.7 Å². The van der Waals surface area contributed by atoms with Crippen molar-refractivity contribution in [2.75, 3.05) is 7.11 Å². The molecule has 0 radical (unpaired) electrons. The van der Waals surface area contributed by atoms with E-state index >= 15 is 0 Å². The van der Waals surface area contributed by atoms with Crippen molar-refractivity contribution in [3.05, 3.63) is 18.0 Å². The Morgan fingerprint density at radius 1 is 1.29 bits per heavy atom. The molecule has 0 bridgehead atoms. The van der Waals surface area contributed by atoms with Gasteiger partial charge in [0.1, 0.15) is 0 Å². The molecule has 1 unspecified atom stereocenters. The molecule has 1 saturated carbocycles. The van der Waals surface area contributed by atoms with Crippen LogP contribution in [0, 0.1) is 5.41 Å². The summed E-state index contributed by atoms with van der Waals surface area (Å²) in [5.74, 6) is 0. The normalized spacial score (nSPS) is 22.4. The third kappa shape index (κ3) is 3.67. The van der Waals surface area contributed by atoms with Crippen molar-refractivity contribution in [1.29, 1.82) is 0 Å².